The molecule has 1 aromatic carbocycles. The number of hydrogen-bond acceptors (Lipinski definition) is 1. The summed E-state index contributed by atoms with van der Waals surface area (Å²) >= 11 is 0. The molecule has 1 rings (SSSR count). The fraction of sp³-hybridized carbons (Fsp3) is 0.250. The first kappa shape index (κ1) is 8.51. The maximum absolute atomic E-state index is 10.7. The third-order valence-corrected chi connectivity index (χ3v) is 2.25. The molecule has 0 spiro atoms. The van der Waals surface area contributed by atoms with E-state index in [-0.39, 0.29) is 0 Å². The van der Waals surface area contributed by atoms with Crippen molar-refractivity contribution in [1.82, 2.24) is 0 Å². The number of benzene rings is 1. The van der Waals surface area contributed by atoms with Gasteiger partial charge in [-0.25, -0.2) is 0 Å². The molecule has 1 unspecified atom stereocenters. The Hall–Kier alpha value is -0.590. The molecular formula is C8H11O2P. The minimum absolute atomic E-state index is 0.549. The van der Waals surface area contributed by atoms with Crippen molar-refractivity contribution in [3.8, 4) is 0 Å². The van der Waals surface area contributed by atoms with Crippen molar-refractivity contribution in [2.24, 2.45) is 0 Å². The van der Waals surface area contributed by atoms with Crippen LogP contribution in [0.4, 0.5) is 0 Å². The number of rotatable bonds is 1. The van der Waals surface area contributed by atoms with E-state index in [1.54, 1.807) is 12.1 Å². The van der Waals surface area contributed by atoms with Crippen LogP contribution in [-0.4, -0.2) is 4.89 Å². The van der Waals surface area contributed by atoms with E-state index >= 15 is 0 Å². The Labute approximate surface area is 66.7 Å². The third kappa shape index (κ3) is 2.18. The lowest BCUT2D eigenvalue weighted by Gasteiger charge is -1.99. The summed E-state index contributed by atoms with van der Waals surface area (Å²) in [6.07, 6.45) is 0. The van der Waals surface area contributed by atoms with Gasteiger partial charge in [0, 0.05) is 5.30 Å². The summed E-state index contributed by atoms with van der Waals surface area (Å²) in [6.45, 7) is 3.84. The van der Waals surface area contributed by atoms with Gasteiger partial charge in [-0.2, -0.15) is 0 Å². The number of hydrogen-bond donors (Lipinski definition) is 1. The van der Waals surface area contributed by atoms with Gasteiger partial charge in [-0.1, -0.05) is 17.2 Å². The quantitative estimate of drug-likeness (QED) is 0.647. The predicted octanol–water partition coefficient (Wildman–Crippen LogP) is 1.40. The van der Waals surface area contributed by atoms with E-state index in [9.17, 15) is 4.57 Å². The Morgan fingerprint density at radius 1 is 1.18 bits per heavy atom. The summed E-state index contributed by atoms with van der Waals surface area (Å²) in [4.78, 5) is 8.82. The molecule has 3 heteroatoms. The highest BCUT2D eigenvalue weighted by Gasteiger charge is 1.99. The minimum atomic E-state index is -2.51. The molecule has 1 N–H and O–H groups in total. The predicted molar refractivity (Wildman–Crippen MR) is 46.8 cm³/mol. The van der Waals surface area contributed by atoms with Gasteiger partial charge in [0.1, 0.15) is 0 Å². The lowest BCUT2D eigenvalue weighted by atomic mass is 10.2. The van der Waals surface area contributed by atoms with E-state index in [1.165, 1.54) is 0 Å². The molecule has 11 heavy (non-hydrogen) atoms. The topological polar surface area (TPSA) is 37.3 Å². The summed E-state index contributed by atoms with van der Waals surface area (Å²) < 4.78 is 10.7. The van der Waals surface area contributed by atoms with Gasteiger partial charge in [0.15, 0.2) is 0 Å². The zero-order chi connectivity index (χ0) is 8.43. The van der Waals surface area contributed by atoms with Crippen LogP contribution >= 0.6 is 8.03 Å². The average molecular weight is 170 g/mol. The second kappa shape index (κ2) is 3.21. The van der Waals surface area contributed by atoms with Gasteiger partial charge < -0.3 is 4.89 Å². The van der Waals surface area contributed by atoms with Crippen LogP contribution in [0.3, 0.4) is 0 Å². The molecule has 0 aliphatic carbocycles. The first-order chi connectivity index (χ1) is 5.09. The molecule has 2 nitrogen and oxygen atoms in total. The molecule has 0 aliphatic heterocycles. The Bertz CT molecular complexity index is 274. The minimum Gasteiger partial charge on any atom is -0.343 e. The Kier molecular flexibility index (Phi) is 2.48. The zero-order valence-corrected chi connectivity index (χ0v) is 7.59. The van der Waals surface area contributed by atoms with Crippen molar-refractivity contribution in [2.75, 3.05) is 0 Å². The highest BCUT2D eigenvalue weighted by Crippen LogP contribution is 2.14. The standard InChI is InChI=1S/C8H11O2P/c1-6-3-7(2)5-8(4-6)11(9)10/h3-5,11H,1-2H3,(H,9,10). The smallest absolute Gasteiger partial charge is 0.218 e. The van der Waals surface area contributed by atoms with E-state index in [1.807, 2.05) is 19.9 Å². The van der Waals surface area contributed by atoms with E-state index < -0.39 is 8.03 Å². The first-order valence-electron chi connectivity index (χ1n) is 3.41. The Morgan fingerprint density at radius 2 is 1.64 bits per heavy atom. The summed E-state index contributed by atoms with van der Waals surface area (Å²) in [5.41, 5.74) is 2.07. The monoisotopic (exact) mass is 170 g/mol. The van der Waals surface area contributed by atoms with E-state index in [0.29, 0.717) is 5.30 Å². The van der Waals surface area contributed by atoms with Crippen molar-refractivity contribution in [2.45, 2.75) is 13.8 Å². The van der Waals surface area contributed by atoms with Gasteiger partial charge >= 0.3 is 0 Å². The van der Waals surface area contributed by atoms with Crippen molar-refractivity contribution < 1.29 is 9.46 Å². The van der Waals surface area contributed by atoms with Crippen molar-refractivity contribution in [3.05, 3.63) is 29.3 Å². The molecule has 1 atom stereocenters. The SMILES string of the molecule is Cc1cc(C)cc([PH](=O)O)c1. The van der Waals surface area contributed by atoms with Gasteiger partial charge in [0.2, 0.25) is 8.03 Å². The molecule has 1 aromatic rings. The highest BCUT2D eigenvalue weighted by atomic mass is 31.1. The van der Waals surface area contributed by atoms with Crippen LogP contribution in [0.1, 0.15) is 11.1 Å². The maximum Gasteiger partial charge on any atom is 0.218 e. The third-order valence-electron chi connectivity index (χ3n) is 1.47. The summed E-state index contributed by atoms with van der Waals surface area (Å²) in [5.74, 6) is 0. The van der Waals surface area contributed by atoms with Crippen LogP contribution in [0.25, 0.3) is 0 Å². The second-order valence-corrected chi connectivity index (χ2v) is 3.87. The first-order valence-corrected chi connectivity index (χ1v) is 4.77. The lowest BCUT2D eigenvalue weighted by molar-refractivity contribution is 0.513. The van der Waals surface area contributed by atoms with Gasteiger partial charge in [0.25, 0.3) is 0 Å². The zero-order valence-electron chi connectivity index (χ0n) is 6.59. The van der Waals surface area contributed by atoms with Crippen molar-refractivity contribution in [1.29, 1.82) is 0 Å². The molecular weight excluding hydrogens is 159 g/mol. The van der Waals surface area contributed by atoms with E-state index in [2.05, 4.69) is 0 Å². The van der Waals surface area contributed by atoms with Crippen molar-refractivity contribution >= 4 is 13.3 Å². The summed E-state index contributed by atoms with van der Waals surface area (Å²) in [7, 11) is -2.51. The van der Waals surface area contributed by atoms with Crippen LogP contribution in [0.15, 0.2) is 18.2 Å². The average Bonchev–Trinajstić information content (AvgIpc) is 1.85. The Morgan fingerprint density at radius 3 is 2.00 bits per heavy atom. The molecule has 0 amide bonds. The fourth-order valence-corrected chi connectivity index (χ4v) is 1.80. The molecule has 60 valence electrons. The lowest BCUT2D eigenvalue weighted by Crippen LogP contribution is -1.97. The molecule has 0 saturated carbocycles. The summed E-state index contributed by atoms with van der Waals surface area (Å²) in [5, 5.41) is 0.549. The second-order valence-electron chi connectivity index (χ2n) is 2.68. The van der Waals surface area contributed by atoms with Gasteiger partial charge in [-0.3, -0.25) is 4.57 Å². The number of aryl methyl sites for hydroxylation is 2. The van der Waals surface area contributed by atoms with E-state index in [4.69, 9.17) is 4.89 Å². The molecule has 0 aromatic heterocycles. The molecule has 0 bridgehead atoms. The van der Waals surface area contributed by atoms with Gasteiger partial charge in [0.05, 0.1) is 0 Å². The molecule has 0 saturated heterocycles. The molecule has 0 heterocycles. The molecule has 0 aliphatic rings. The van der Waals surface area contributed by atoms with Crippen molar-refractivity contribution in [3.63, 3.8) is 0 Å². The van der Waals surface area contributed by atoms with Crippen LogP contribution in [-0.2, 0) is 4.57 Å². The van der Waals surface area contributed by atoms with Crippen LogP contribution in [0.5, 0.6) is 0 Å². The molecule has 0 radical (unpaired) electrons. The largest absolute Gasteiger partial charge is 0.343 e. The maximum atomic E-state index is 10.7. The normalized spacial score (nSPS) is 13.0. The van der Waals surface area contributed by atoms with E-state index in [0.717, 1.165) is 11.1 Å². The molecule has 0 fully saturated rings. The van der Waals surface area contributed by atoms with Gasteiger partial charge in [-0.15, -0.1) is 0 Å². The van der Waals surface area contributed by atoms with Crippen LogP contribution in [0.2, 0.25) is 0 Å². The highest BCUT2D eigenvalue weighted by molar-refractivity contribution is 7.47. The van der Waals surface area contributed by atoms with Crippen LogP contribution in [0, 0.1) is 13.8 Å². The Balaban J connectivity index is 3.19. The summed E-state index contributed by atoms with van der Waals surface area (Å²) in [6, 6.07) is 5.47. The van der Waals surface area contributed by atoms with Crippen LogP contribution < -0.4 is 5.30 Å². The van der Waals surface area contributed by atoms with Gasteiger partial charge in [-0.05, 0) is 26.0 Å². The fourth-order valence-electron chi connectivity index (χ4n) is 1.10.